The lowest BCUT2D eigenvalue weighted by atomic mass is 9.94. The van der Waals surface area contributed by atoms with E-state index in [2.05, 4.69) is 24.4 Å². The summed E-state index contributed by atoms with van der Waals surface area (Å²) >= 11 is 6.05. The maximum atomic E-state index is 6.05. The maximum absolute atomic E-state index is 6.05. The van der Waals surface area contributed by atoms with Gasteiger partial charge in [-0.3, -0.25) is 0 Å². The number of alkyl halides is 1. The normalized spacial score (nSPS) is 14.7. The molecule has 0 aliphatic carbocycles. The van der Waals surface area contributed by atoms with Gasteiger partial charge in [0.15, 0.2) is 0 Å². The van der Waals surface area contributed by atoms with Crippen molar-refractivity contribution in [3.63, 3.8) is 0 Å². The summed E-state index contributed by atoms with van der Waals surface area (Å²) in [4.78, 5) is 0. The van der Waals surface area contributed by atoms with E-state index in [-0.39, 0.29) is 5.54 Å². The Balaban J connectivity index is 2.56. The SMILES string of the molecule is CCOCCNC(C)(CCl)c1ccccc1. The molecule has 0 fully saturated rings. The summed E-state index contributed by atoms with van der Waals surface area (Å²) in [7, 11) is 0. The van der Waals surface area contributed by atoms with Crippen LogP contribution in [-0.4, -0.2) is 25.6 Å². The highest BCUT2D eigenvalue weighted by Gasteiger charge is 2.24. The van der Waals surface area contributed by atoms with Gasteiger partial charge in [-0.15, -0.1) is 11.6 Å². The van der Waals surface area contributed by atoms with Gasteiger partial charge < -0.3 is 10.1 Å². The van der Waals surface area contributed by atoms with Crippen LogP contribution in [0.4, 0.5) is 0 Å². The molecule has 0 aliphatic rings. The van der Waals surface area contributed by atoms with E-state index in [1.54, 1.807) is 0 Å². The molecule has 1 unspecified atom stereocenters. The lowest BCUT2D eigenvalue weighted by Crippen LogP contribution is -2.43. The fraction of sp³-hybridized carbons (Fsp3) is 0.538. The first-order valence-electron chi connectivity index (χ1n) is 5.67. The highest BCUT2D eigenvalue weighted by atomic mass is 35.5. The van der Waals surface area contributed by atoms with Crippen LogP contribution in [-0.2, 0) is 10.3 Å². The fourth-order valence-corrected chi connectivity index (χ4v) is 1.82. The van der Waals surface area contributed by atoms with Gasteiger partial charge in [-0.25, -0.2) is 0 Å². The monoisotopic (exact) mass is 241 g/mol. The summed E-state index contributed by atoms with van der Waals surface area (Å²) in [6.07, 6.45) is 0. The van der Waals surface area contributed by atoms with Crippen LogP contribution in [0.5, 0.6) is 0 Å². The summed E-state index contributed by atoms with van der Waals surface area (Å²) in [6, 6.07) is 10.3. The van der Waals surface area contributed by atoms with E-state index in [4.69, 9.17) is 16.3 Å². The van der Waals surface area contributed by atoms with Crippen molar-refractivity contribution < 1.29 is 4.74 Å². The van der Waals surface area contributed by atoms with E-state index in [1.165, 1.54) is 5.56 Å². The summed E-state index contributed by atoms with van der Waals surface area (Å²) in [6.45, 7) is 6.39. The predicted octanol–water partition coefficient (Wildman–Crippen LogP) is 2.77. The second-order valence-corrected chi connectivity index (χ2v) is 4.22. The number of benzene rings is 1. The Morgan fingerprint density at radius 3 is 2.56 bits per heavy atom. The molecule has 0 aliphatic heterocycles. The van der Waals surface area contributed by atoms with Gasteiger partial charge >= 0.3 is 0 Å². The zero-order valence-corrected chi connectivity index (χ0v) is 10.8. The van der Waals surface area contributed by atoms with Crippen molar-refractivity contribution in [3.8, 4) is 0 Å². The van der Waals surface area contributed by atoms with Crippen molar-refractivity contribution in [2.24, 2.45) is 0 Å². The number of halogens is 1. The molecule has 1 aromatic carbocycles. The molecule has 16 heavy (non-hydrogen) atoms. The molecular formula is C13H20ClNO. The molecule has 0 bridgehead atoms. The van der Waals surface area contributed by atoms with E-state index >= 15 is 0 Å². The minimum Gasteiger partial charge on any atom is -0.380 e. The summed E-state index contributed by atoms with van der Waals surface area (Å²) in [5.74, 6) is 0.545. The van der Waals surface area contributed by atoms with Crippen LogP contribution < -0.4 is 5.32 Å². The van der Waals surface area contributed by atoms with Crippen LogP contribution in [0.3, 0.4) is 0 Å². The fourth-order valence-electron chi connectivity index (χ4n) is 1.58. The Morgan fingerprint density at radius 2 is 2.00 bits per heavy atom. The highest BCUT2D eigenvalue weighted by molar-refractivity contribution is 6.18. The molecule has 0 saturated carbocycles. The van der Waals surface area contributed by atoms with Crippen LogP contribution in [0.1, 0.15) is 19.4 Å². The van der Waals surface area contributed by atoms with Gasteiger partial charge in [0.2, 0.25) is 0 Å². The molecule has 1 rings (SSSR count). The predicted molar refractivity (Wildman–Crippen MR) is 69.0 cm³/mol. The zero-order valence-electron chi connectivity index (χ0n) is 10.0. The first kappa shape index (κ1) is 13.5. The maximum Gasteiger partial charge on any atom is 0.0591 e. The Labute approximate surface area is 103 Å². The summed E-state index contributed by atoms with van der Waals surface area (Å²) < 4.78 is 5.30. The van der Waals surface area contributed by atoms with Crippen LogP contribution in [0.2, 0.25) is 0 Å². The van der Waals surface area contributed by atoms with Gasteiger partial charge in [0.1, 0.15) is 0 Å². The Hall–Kier alpha value is -0.570. The first-order valence-corrected chi connectivity index (χ1v) is 6.20. The third kappa shape index (κ3) is 3.78. The van der Waals surface area contributed by atoms with Gasteiger partial charge in [-0.2, -0.15) is 0 Å². The smallest absolute Gasteiger partial charge is 0.0591 e. The second kappa shape index (κ2) is 6.89. The lowest BCUT2D eigenvalue weighted by molar-refractivity contribution is 0.142. The third-order valence-corrected chi connectivity index (χ3v) is 3.18. The number of rotatable bonds is 7. The molecule has 0 heterocycles. The minimum atomic E-state index is -0.181. The van der Waals surface area contributed by atoms with Crippen LogP contribution >= 0.6 is 11.6 Å². The molecule has 0 amide bonds. The number of hydrogen-bond acceptors (Lipinski definition) is 2. The molecule has 1 N–H and O–H groups in total. The summed E-state index contributed by atoms with van der Waals surface area (Å²) in [5, 5.41) is 3.44. The number of hydrogen-bond donors (Lipinski definition) is 1. The largest absolute Gasteiger partial charge is 0.380 e. The van der Waals surface area contributed by atoms with Crippen molar-refractivity contribution in [2.45, 2.75) is 19.4 Å². The van der Waals surface area contributed by atoms with Crippen molar-refractivity contribution in [2.75, 3.05) is 25.6 Å². The molecule has 0 aromatic heterocycles. The average Bonchev–Trinajstić information content (AvgIpc) is 2.35. The van der Waals surface area contributed by atoms with Crippen LogP contribution in [0.15, 0.2) is 30.3 Å². The van der Waals surface area contributed by atoms with E-state index in [0.717, 1.165) is 19.8 Å². The molecule has 1 atom stereocenters. The molecule has 90 valence electrons. The Morgan fingerprint density at radius 1 is 1.31 bits per heavy atom. The first-order chi connectivity index (χ1) is 7.73. The molecule has 0 radical (unpaired) electrons. The molecule has 0 saturated heterocycles. The molecule has 1 aromatic rings. The quantitative estimate of drug-likeness (QED) is 0.586. The van der Waals surface area contributed by atoms with Crippen LogP contribution in [0, 0.1) is 0 Å². The Kier molecular flexibility index (Phi) is 5.81. The van der Waals surface area contributed by atoms with Crippen LogP contribution in [0.25, 0.3) is 0 Å². The molecular weight excluding hydrogens is 222 g/mol. The molecule has 0 spiro atoms. The molecule has 3 heteroatoms. The van der Waals surface area contributed by atoms with Crippen molar-refractivity contribution in [1.29, 1.82) is 0 Å². The van der Waals surface area contributed by atoms with Gasteiger partial charge in [-0.1, -0.05) is 30.3 Å². The van der Waals surface area contributed by atoms with E-state index in [0.29, 0.717) is 5.88 Å². The highest BCUT2D eigenvalue weighted by Crippen LogP contribution is 2.21. The topological polar surface area (TPSA) is 21.3 Å². The van der Waals surface area contributed by atoms with Crippen molar-refractivity contribution in [1.82, 2.24) is 5.32 Å². The van der Waals surface area contributed by atoms with E-state index < -0.39 is 0 Å². The van der Waals surface area contributed by atoms with Crippen molar-refractivity contribution in [3.05, 3.63) is 35.9 Å². The molecule has 2 nitrogen and oxygen atoms in total. The van der Waals surface area contributed by atoms with E-state index in [9.17, 15) is 0 Å². The van der Waals surface area contributed by atoms with Gasteiger partial charge in [0.25, 0.3) is 0 Å². The number of nitrogens with one attached hydrogen (secondary N) is 1. The van der Waals surface area contributed by atoms with Gasteiger partial charge in [0.05, 0.1) is 12.1 Å². The third-order valence-electron chi connectivity index (χ3n) is 2.64. The van der Waals surface area contributed by atoms with E-state index in [1.807, 2.05) is 25.1 Å². The standard InChI is InChI=1S/C13H20ClNO/c1-3-16-10-9-15-13(2,11-14)12-7-5-4-6-8-12/h4-8,15H,3,9-11H2,1-2H3. The van der Waals surface area contributed by atoms with Crippen molar-refractivity contribution >= 4 is 11.6 Å². The average molecular weight is 242 g/mol. The summed E-state index contributed by atoms with van der Waals surface area (Å²) in [5.41, 5.74) is 1.03. The Bertz CT molecular complexity index is 291. The zero-order chi connectivity index (χ0) is 11.9. The number of ether oxygens (including phenoxy) is 1. The second-order valence-electron chi connectivity index (χ2n) is 3.96. The lowest BCUT2D eigenvalue weighted by Gasteiger charge is -2.29. The minimum absolute atomic E-state index is 0.181. The van der Waals surface area contributed by atoms with Gasteiger partial charge in [-0.05, 0) is 19.4 Å². The van der Waals surface area contributed by atoms with Gasteiger partial charge in [0, 0.05) is 19.0 Å².